The van der Waals surface area contributed by atoms with Gasteiger partial charge in [0.2, 0.25) is 0 Å². The van der Waals surface area contributed by atoms with Crippen LogP contribution in [0.25, 0.3) is 0 Å². The minimum Gasteiger partial charge on any atom is -0.481 e. The van der Waals surface area contributed by atoms with Gasteiger partial charge in [-0.25, -0.2) is 0 Å². The van der Waals surface area contributed by atoms with E-state index in [1.807, 2.05) is 30.3 Å². The number of Topliss-reactive ketones (excluding diaryl/α,β-unsaturated/α-hetero) is 1. The van der Waals surface area contributed by atoms with Gasteiger partial charge < -0.3 is 20.4 Å². The van der Waals surface area contributed by atoms with Crippen molar-refractivity contribution in [1.29, 1.82) is 0 Å². The van der Waals surface area contributed by atoms with Crippen LogP contribution in [-0.4, -0.2) is 50.5 Å². The summed E-state index contributed by atoms with van der Waals surface area (Å²) in [5.41, 5.74) is 0.732. The van der Waals surface area contributed by atoms with E-state index >= 15 is 0 Å². The van der Waals surface area contributed by atoms with Crippen LogP contribution in [0, 0.1) is 46.3 Å². The molecule has 0 heterocycles. The summed E-state index contributed by atoms with van der Waals surface area (Å²) in [7, 11) is 0. The number of carboxylic acids is 1. The highest BCUT2D eigenvalue weighted by atomic mass is 16.4. The Bertz CT molecular complexity index is 1010. The van der Waals surface area contributed by atoms with E-state index in [0.29, 0.717) is 29.6 Å². The van der Waals surface area contributed by atoms with Crippen LogP contribution in [0.5, 0.6) is 0 Å². The van der Waals surface area contributed by atoms with E-state index in [1.165, 1.54) is 0 Å². The van der Waals surface area contributed by atoms with Gasteiger partial charge in [0.15, 0.2) is 5.78 Å². The van der Waals surface area contributed by atoms with Gasteiger partial charge in [0, 0.05) is 12.0 Å². The Balaban J connectivity index is 0.000000350. The number of unbranched alkanes of at least 4 members (excludes halogenated alkanes) is 1. The summed E-state index contributed by atoms with van der Waals surface area (Å²) in [5.74, 6) is 1.61. The molecule has 0 aliphatic heterocycles. The molecule has 4 aliphatic rings. The van der Waals surface area contributed by atoms with Crippen molar-refractivity contribution < 1.29 is 30.0 Å². The molecule has 0 unspecified atom stereocenters. The van der Waals surface area contributed by atoms with E-state index in [0.717, 1.165) is 69.8 Å². The predicted octanol–water partition coefficient (Wildman–Crippen LogP) is 6.12. The smallest absolute Gasteiger partial charge is 0.303 e. The lowest BCUT2D eigenvalue weighted by Gasteiger charge is -2.63. The Morgan fingerprint density at radius 3 is 2.27 bits per heavy atom. The van der Waals surface area contributed by atoms with Gasteiger partial charge in [0.1, 0.15) is 0 Å². The number of ketones is 1. The lowest BCUT2D eigenvalue weighted by atomic mass is 9.43. The first-order valence-electron chi connectivity index (χ1n) is 15.7. The summed E-state index contributed by atoms with van der Waals surface area (Å²) in [6.45, 7) is 8.51. The molecule has 224 valence electrons. The fraction of sp³-hybridized carbons (Fsp3) is 0.765. The van der Waals surface area contributed by atoms with E-state index in [4.69, 9.17) is 5.11 Å². The number of aliphatic hydroxyl groups is 3. The first kappa shape index (κ1) is 31.2. The highest BCUT2D eigenvalue weighted by Crippen LogP contribution is 2.68. The Morgan fingerprint density at radius 2 is 1.65 bits per heavy atom. The SMILES string of the molecule is CC(=O)c1ccccc1.C[C@H](CCCCC(=O)O)[C@H]1CC[C@H]2[C@@H]3[C@H](O)C[C@@H]4C[C@H](O)CC[C@]4(C)[C@H]3C[C@H](O)[C@]12C. The molecule has 5 rings (SSSR count). The monoisotopic (exact) mass is 556 g/mol. The zero-order valence-corrected chi connectivity index (χ0v) is 25.0. The molecule has 4 saturated carbocycles. The summed E-state index contributed by atoms with van der Waals surface area (Å²) >= 11 is 0. The summed E-state index contributed by atoms with van der Waals surface area (Å²) in [5, 5.41) is 42.0. The summed E-state index contributed by atoms with van der Waals surface area (Å²) in [6.07, 6.45) is 8.42. The van der Waals surface area contributed by atoms with Crippen molar-refractivity contribution in [2.45, 2.75) is 117 Å². The molecule has 6 nitrogen and oxygen atoms in total. The molecule has 4 aliphatic carbocycles. The number of aliphatic carboxylic acids is 1. The van der Waals surface area contributed by atoms with E-state index in [9.17, 15) is 24.9 Å². The Hall–Kier alpha value is -1.76. The molecule has 4 fully saturated rings. The normalized spacial score (nSPS) is 41.0. The molecule has 4 N–H and O–H groups in total. The van der Waals surface area contributed by atoms with E-state index in [2.05, 4.69) is 20.8 Å². The number of rotatable bonds is 7. The molecule has 0 saturated heterocycles. The summed E-state index contributed by atoms with van der Waals surface area (Å²) in [6, 6.07) is 9.23. The molecule has 1 aromatic carbocycles. The van der Waals surface area contributed by atoms with Gasteiger partial charge >= 0.3 is 5.97 Å². The number of hydrogen-bond donors (Lipinski definition) is 4. The van der Waals surface area contributed by atoms with Gasteiger partial charge in [-0.1, -0.05) is 63.9 Å². The van der Waals surface area contributed by atoms with Crippen molar-refractivity contribution in [3.05, 3.63) is 35.9 Å². The molecular weight excluding hydrogens is 504 g/mol. The topological polar surface area (TPSA) is 115 Å². The molecular formula is C34H52O6. The first-order valence-corrected chi connectivity index (χ1v) is 15.7. The lowest BCUT2D eigenvalue weighted by molar-refractivity contribution is -0.207. The average Bonchev–Trinajstić information content (AvgIpc) is 3.27. The van der Waals surface area contributed by atoms with Crippen molar-refractivity contribution in [3.8, 4) is 0 Å². The predicted molar refractivity (Wildman–Crippen MR) is 156 cm³/mol. The third kappa shape index (κ3) is 6.05. The quantitative estimate of drug-likeness (QED) is 0.238. The minimum atomic E-state index is -0.720. The second-order valence-corrected chi connectivity index (χ2v) is 14.1. The fourth-order valence-electron chi connectivity index (χ4n) is 9.75. The third-order valence-corrected chi connectivity index (χ3v) is 12.0. The van der Waals surface area contributed by atoms with Gasteiger partial charge in [-0.3, -0.25) is 9.59 Å². The number of hydrogen-bond acceptors (Lipinski definition) is 5. The second kappa shape index (κ2) is 12.6. The van der Waals surface area contributed by atoms with Crippen LogP contribution < -0.4 is 0 Å². The molecule has 0 amide bonds. The standard InChI is InChI=1S/C26H44O5.C8H8O/c1-15(6-4-5-7-23(30)31)18-8-9-19-24-20(14-22(29)26(18,19)3)25(2)11-10-17(27)12-16(25)13-21(24)28;1-7(9)8-5-3-2-4-6-8/h15-22,24,27-29H,4-14H2,1-3H3,(H,30,31);2-6H,1H3/t15-,16+,17-,18-,19+,20+,21-,22+,24+,25+,26-;/m1./s1. The Morgan fingerprint density at radius 1 is 0.950 bits per heavy atom. The van der Waals surface area contributed by atoms with Crippen LogP contribution in [0.15, 0.2) is 30.3 Å². The fourth-order valence-corrected chi connectivity index (χ4v) is 9.75. The summed E-state index contributed by atoms with van der Waals surface area (Å²) < 4.78 is 0. The lowest BCUT2D eigenvalue weighted by Crippen LogP contribution is -2.62. The maximum absolute atomic E-state index is 11.6. The van der Waals surface area contributed by atoms with Gasteiger partial charge in [0.05, 0.1) is 18.3 Å². The zero-order valence-electron chi connectivity index (χ0n) is 25.0. The van der Waals surface area contributed by atoms with Crippen LogP contribution >= 0.6 is 0 Å². The van der Waals surface area contributed by atoms with Crippen molar-refractivity contribution in [2.24, 2.45) is 46.3 Å². The number of fused-ring (bicyclic) bond motifs is 5. The Kier molecular flexibility index (Phi) is 9.84. The number of benzene rings is 1. The van der Waals surface area contributed by atoms with Gasteiger partial charge in [-0.2, -0.15) is 0 Å². The second-order valence-electron chi connectivity index (χ2n) is 14.1. The van der Waals surface area contributed by atoms with Crippen LogP contribution in [0.3, 0.4) is 0 Å². The number of carbonyl (C=O) groups is 2. The highest BCUT2D eigenvalue weighted by Gasteiger charge is 2.65. The first-order chi connectivity index (χ1) is 18.9. The maximum atomic E-state index is 11.6. The summed E-state index contributed by atoms with van der Waals surface area (Å²) in [4.78, 5) is 21.5. The molecule has 0 radical (unpaired) electrons. The highest BCUT2D eigenvalue weighted by molar-refractivity contribution is 5.93. The van der Waals surface area contributed by atoms with E-state index in [1.54, 1.807) is 6.92 Å². The molecule has 0 spiro atoms. The molecule has 40 heavy (non-hydrogen) atoms. The largest absolute Gasteiger partial charge is 0.481 e. The van der Waals surface area contributed by atoms with Gasteiger partial charge in [-0.15, -0.1) is 0 Å². The van der Waals surface area contributed by atoms with Crippen molar-refractivity contribution >= 4 is 11.8 Å². The van der Waals surface area contributed by atoms with E-state index in [-0.39, 0.29) is 47.3 Å². The van der Waals surface area contributed by atoms with E-state index < -0.39 is 5.97 Å². The van der Waals surface area contributed by atoms with Crippen molar-refractivity contribution in [3.63, 3.8) is 0 Å². The van der Waals surface area contributed by atoms with Gasteiger partial charge in [-0.05, 0) is 105 Å². The number of carboxylic acid groups (broad SMARTS) is 1. The number of carbonyl (C=O) groups excluding carboxylic acids is 1. The zero-order chi connectivity index (χ0) is 29.2. The molecule has 1 aromatic rings. The maximum Gasteiger partial charge on any atom is 0.303 e. The molecule has 0 aromatic heterocycles. The van der Waals surface area contributed by atoms with Crippen LogP contribution in [0.2, 0.25) is 0 Å². The van der Waals surface area contributed by atoms with Gasteiger partial charge in [0.25, 0.3) is 0 Å². The molecule has 0 bridgehead atoms. The average molecular weight is 557 g/mol. The van der Waals surface area contributed by atoms with Crippen molar-refractivity contribution in [1.82, 2.24) is 0 Å². The molecule has 11 atom stereocenters. The van der Waals surface area contributed by atoms with Crippen LogP contribution in [0.4, 0.5) is 0 Å². The van der Waals surface area contributed by atoms with Crippen LogP contribution in [-0.2, 0) is 4.79 Å². The number of aliphatic hydroxyl groups excluding tert-OH is 3. The van der Waals surface area contributed by atoms with Crippen molar-refractivity contribution in [2.75, 3.05) is 0 Å². The molecule has 6 heteroatoms. The minimum absolute atomic E-state index is 0.117. The Labute approximate surface area is 240 Å². The third-order valence-electron chi connectivity index (χ3n) is 12.0. The van der Waals surface area contributed by atoms with Crippen LogP contribution in [0.1, 0.15) is 109 Å².